The van der Waals surface area contributed by atoms with Gasteiger partial charge >= 0.3 is 5.97 Å². The van der Waals surface area contributed by atoms with Gasteiger partial charge in [-0.25, -0.2) is 4.79 Å². The van der Waals surface area contributed by atoms with Crippen LogP contribution in [-0.4, -0.2) is 34.7 Å². The molecule has 0 saturated heterocycles. The maximum absolute atomic E-state index is 12.5. The first-order valence-electron chi connectivity index (χ1n) is 7.67. The van der Waals surface area contributed by atoms with Gasteiger partial charge in [-0.3, -0.25) is 4.79 Å². The largest absolute Gasteiger partial charge is 0.478 e. The van der Waals surface area contributed by atoms with Crippen LogP contribution in [0.1, 0.15) is 44.7 Å². The van der Waals surface area contributed by atoms with E-state index in [1.807, 2.05) is 36.0 Å². The summed E-state index contributed by atoms with van der Waals surface area (Å²) in [4.78, 5) is 25.0. The lowest BCUT2D eigenvalue weighted by Crippen LogP contribution is -2.26. The van der Waals surface area contributed by atoms with Gasteiger partial charge in [0.1, 0.15) is 17.1 Å². The van der Waals surface area contributed by atoms with Crippen LogP contribution < -0.4 is 0 Å². The highest BCUT2D eigenvalue weighted by Crippen LogP contribution is 2.18. The first-order chi connectivity index (χ1) is 11.4. The second kappa shape index (κ2) is 8.06. The van der Waals surface area contributed by atoms with Crippen molar-refractivity contribution in [1.82, 2.24) is 4.90 Å². The van der Waals surface area contributed by atoms with Crippen molar-refractivity contribution in [1.29, 1.82) is 0 Å². The number of thioether (sulfide) groups is 1. The van der Waals surface area contributed by atoms with Crippen LogP contribution in [0.5, 0.6) is 0 Å². The number of amides is 1. The Kier molecular flexibility index (Phi) is 6.09. The van der Waals surface area contributed by atoms with E-state index in [1.54, 1.807) is 14.0 Å². The SMILES string of the molecule is CCSCc1ccc(C(=O)N(C)Cc2cc(C(=O)O)c(C)o2)cc1. The predicted octanol–water partition coefficient (Wildman–Crippen LogP) is 3.81. The van der Waals surface area contributed by atoms with Crippen molar-refractivity contribution in [2.45, 2.75) is 26.1 Å². The zero-order chi connectivity index (χ0) is 17.7. The Morgan fingerprint density at radius 2 is 1.92 bits per heavy atom. The highest BCUT2D eigenvalue weighted by Gasteiger charge is 2.17. The number of hydrogen-bond acceptors (Lipinski definition) is 4. The van der Waals surface area contributed by atoms with Crippen molar-refractivity contribution in [3.63, 3.8) is 0 Å². The molecule has 1 heterocycles. The monoisotopic (exact) mass is 347 g/mol. The van der Waals surface area contributed by atoms with Crippen LogP contribution in [0.25, 0.3) is 0 Å². The summed E-state index contributed by atoms with van der Waals surface area (Å²) in [6.07, 6.45) is 0. The van der Waals surface area contributed by atoms with Crippen LogP contribution in [-0.2, 0) is 12.3 Å². The van der Waals surface area contributed by atoms with E-state index in [2.05, 4.69) is 6.92 Å². The van der Waals surface area contributed by atoms with Crippen LogP contribution >= 0.6 is 11.8 Å². The molecule has 0 saturated carbocycles. The Labute approximate surface area is 145 Å². The molecule has 1 aromatic heterocycles. The number of hydrogen-bond donors (Lipinski definition) is 1. The van der Waals surface area contributed by atoms with Gasteiger partial charge in [0, 0.05) is 18.4 Å². The number of aromatic carboxylic acids is 1. The molecule has 0 aliphatic rings. The van der Waals surface area contributed by atoms with Crippen molar-refractivity contribution in [2.24, 2.45) is 0 Å². The third-order valence-corrected chi connectivity index (χ3v) is 4.56. The molecule has 0 aliphatic heterocycles. The predicted molar refractivity (Wildman–Crippen MR) is 94.5 cm³/mol. The second-order valence-corrected chi connectivity index (χ2v) is 6.76. The smallest absolute Gasteiger partial charge is 0.339 e. The summed E-state index contributed by atoms with van der Waals surface area (Å²) >= 11 is 1.83. The summed E-state index contributed by atoms with van der Waals surface area (Å²) in [7, 11) is 1.67. The van der Waals surface area contributed by atoms with Crippen molar-refractivity contribution >= 4 is 23.6 Å². The molecule has 5 nitrogen and oxygen atoms in total. The lowest BCUT2D eigenvalue weighted by molar-refractivity contribution is 0.0694. The molecule has 24 heavy (non-hydrogen) atoms. The fourth-order valence-electron chi connectivity index (χ4n) is 2.32. The summed E-state index contributed by atoms with van der Waals surface area (Å²) in [5, 5.41) is 9.05. The molecule has 0 unspecified atom stereocenters. The zero-order valence-corrected chi connectivity index (χ0v) is 14.9. The van der Waals surface area contributed by atoms with E-state index < -0.39 is 5.97 Å². The Morgan fingerprint density at radius 1 is 1.25 bits per heavy atom. The first kappa shape index (κ1) is 18.1. The van der Waals surface area contributed by atoms with Gasteiger partial charge in [0.05, 0.1) is 6.54 Å². The van der Waals surface area contributed by atoms with E-state index in [0.29, 0.717) is 17.1 Å². The molecule has 0 atom stereocenters. The molecule has 0 aliphatic carbocycles. The minimum absolute atomic E-state index is 0.128. The van der Waals surface area contributed by atoms with Gasteiger partial charge in [-0.1, -0.05) is 19.1 Å². The number of carboxylic acid groups (broad SMARTS) is 1. The molecular weight excluding hydrogens is 326 g/mol. The minimum Gasteiger partial charge on any atom is -0.478 e. The molecule has 1 N–H and O–H groups in total. The van der Waals surface area contributed by atoms with Gasteiger partial charge in [-0.15, -0.1) is 0 Å². The van der Waals surface area contributed by atoms with Crippen LogP contribution in [0.15, 0.2) is 34.7 Å². The molecule has 1 aromatic carbocycles. The van der Waals surface area contributed by atoms with Crippen molar-refractivity contribution in [2.75, 3.05) is 12.8 Å². The van der Waals surface area contributed by atoms with E-state index in [1.165, 1.54) is 16.5 Å². The number of nitrogens with zero attached hydrogens (tertiary/aromatic N) is 1. The Balaban J connectivity index is 2.03. The van der Waals surface area contributed by atoms with Gasteiger partial charge < -0.3 is 14.4 Å². The van der Waals surface area contributed by atoms with E-state index >= 15 is 0 Å². The van der Waals surface area contributed by atoms with Crippen LogP contribution in [0, 0.1) is 6.92 Å². The van der Waals surface area contributed by atoms with Crippen LogP contribution in [0.2, 0.25) is 0 Å². The Hall–Kier alpha value is -2.21. The topological polar surface area (TPSA) is 70.8 Å². The number of furan rings is 1. The van der Waals surface area contributed by atoms with Crippen LogP contribution in [0.4, 0.5) is 0 Å². The number of carboxylic acids is 1. The first-order valence-corrected chi connectivity index (χ1v) is 8.82. The summed E-state index contributed by atoms with van der Waals surface area (Å²) in [6, 6.07) is 9.03. The number of carbonyl (C=O) groups is 2. The zero-order valence-electron chi connectivity index (χ0n) is 14.0. The third-order valence-electron chi connectivity index (χ3n) is 3.61. The van der Waals surface area contributed by atoms with Gasteiger partial charge in [-0.2, -0.15) is 11.8 Å². The van der Waals surface area contributed by atoms with E-state index in [-0.39, 0.29) is 18.0 Å². The highest BCUT2D eigenvalue weighted by molar-refractivity contribution is 7.98. The molecule has 6 heteroatoms. The number of aryl methyl sites for hydroxylation is 1. The molecule has 0 bridgehead atoms. The van der Waals surface area contributed by atoms with Crippen LogP contribution in [0.3, 0.4) is 0 Å². The molecule has 1 amide bonds. The summed E-state index contributed by atoms with van der Waals surface area (Å²) in [6.45, 7) is 3.94. The second-order valence-electron chi connectivity index (χ2n) is 5.48. The fourth-order valence-corrected chi connectivity index (χ4v) is 2.96. The molecule has 128 valence electrons. The van der Waals surface area contributed by atoms with E-state index in [0.717, 1.165) is 11.5 Å². The average Bonchev–Trinajstić information content (AvgIpc) is 2.93. The van der Waals surface area contributed by atoms with E-state index in [4.69, 9.17) is 9.52 Å². The van der Waals surface area contributed by atoms with Crippen molar-refractivity contribution in [3.05, 3.63) is 58.5 Å². The van der Waals surface area contributed by atoms with Gasteiger partial charge in [0.15, 0.2) is 0 Å². The number of rotatable bonds is 7. The Bertz CT molecular complexity index is 721. The molecule has 0 fully saturated rings. The van der Waals surface area contributed by atoms with Gasteiger partial charge in [0.25, 0.3) is 5.91 Å². The van der Waals surface area contributed by atoms with Crippen molar-refractivity contribution in [3.8, 4) is 0 Å². The van der Waals surface area contributed by atoms with Gasteiger partial charge in [-0.05, 0) is 36.4 Å². The lowest BCUT2D eigenvalue weighted by Gasteiger charge is -2.16. The molecule has 2 aromatic rings. The number of carbonyl (C=O) groups excluding carboxylic acids is 1. The molecule has 2 rings (SSSR count). The normalized spacial score (nSPS) is 10.6. The summed E-state index contributed by atoms with van der Waals surface area (Å²) in [5.74, 6) is 1.63. The maximum Gasteiger partial charge on any atom is 0.339 e. The number of benzene rings is 1. The quantitative estimate of drug-likeness (QED) is 0.824. The van der Waals surface area contributed by atoms with E-state index in [9.17, 15) is 9.59 Å². The molecule has 0 spiro atoms. The van der Waals surface area contributed by atoms with Gasteiger partial charge in [0.2, 0.25) is 0 Å². The average molecular weight is 347 g/mol. The van der Waals surface area contributed by atoms with Crippen molar-refractivity contribution < 1.29 is 19.1 Å². The lowest BCUT2D eigenvalue weighted by atomic mass is 10.1. The maximum atomic E-state index is 12.5. The summed E-state index contributed by atoms with van der Waals surface area (Å²) in [5.41, 5.74) is 1.92. The fraction of sp³-hybridized carbons (Fsp3) is 0.333. The highest BCUT2D eigenvalue weighted by atomic mass is 32.2. The standard InChI is InChI=1S/C18H21NO4S/c1-4-24-11-13-5-7-14(8-6-13)17(20)19(3)10-15-9-16(18(21)22)12(2)23-15/h5-9H,4,10-11H2,1-3H3,(H,21,22). The molecule has 0 radical (unpaired) electrons. The Morgan fingerprint density at radius 3 is 2.46 bits per heavy atom. The third kappa shape index (κ3) is 4.41. The summed E-state index contributed by atoms with van der Waals surface area (Å²) < 4.78 is 5.42. The molecular formula is C18H21NO4S. The minimum atomic E-state index is -1.03.